The number of methoxy groups -OCH3 is 2. The Bertz CT molecular complexity index is 1430. The number of fused-ring (bicyclic) bond motifs is 1. The summed E-state index contributed by atoms with van der Waals surface area (Å²) in [6.45, 7) is 3.71. The fraction of sp³-hybridized carbons (Fsp3) is 0.469. The summed E-state index contributed by atoms with van der Waals surface area (Å²) >= 11 is 0. The lowest BCUT2D eigenvalue weighted by molar-refractivity contribution is 0.0627. The molecule has 1 N–H and O–H groups in total. The Morgan fingerprint density at radius 3 is 2.29 bits per heavy atom. The molecule has 0 bridgehead atoms. The number of rotatable bonds is 12. The normalized spacial score (nSPS) is 15.7. The van der Waals surface area contributed by atoms with Gasteiger partial charge in [-0.15, -0.1) is 0 Å². The van der Waals surface area contributed by atoms with Crippen LogP contribution >= 0.6 is 0 Å². The average molecular weight is 559 g/mol. The Morgan fingerprint density at radius 2 is 1.73 bits per heavy atom. The zero-order chi connectivity index (χ0) is 28.9. The number of ether oxygens (including phenoxy) is 3. The summed E-state index contributed by atoms with van der Waals surface area (Å²) in [5.74, 6) is 0.372. The molecule has 9 heteroatoms. The monoisotopic (exact) mass is 558 g/mol. The van der Waals surface area contributed by atoms with Crippen molar-refractivity contribution in [3.63, 3.8) is 0 Å². The number of benzene rings is 2. The number of hydrogen-bond acceptors (Lipinski definition) is 6. The van der Waals surface area contributed by atoms with Crippen molar-refractivity contribution >= 4 is 28.6 Å². The van der Waals surface area contributed by atoms with Crippen molar-refractivity contribution in [2.24, 2.45) is 5.92 Å². The van der Waals surface area contributed by atoms with Crippen molar-refractivity contribution in [2.75, 3.05) is 45.8 Å². The first kappa shape index (κ1) is 28.7. The van der Waals surface area contributed by atoms with E-state index in [1.165, 1.54) is 0 Å². The van der Waals surface area contributed by atoms with Gasteiger partial charge in [-0.2, -0.15) is 5.26 Å². The van der Waals surface area contributed by atoms with Gasteiger partial charge in [0.1, 0.15) is 12.2 Å². The number of nitrogens with one attached hydrogen (secondary N) is 1. The lowest BCUT2D eigenvalue weighted by Crippen LogP contribution is -2.36. The van der Waals surface area contributed by atoms with Gasteiger partial charge in [-0.1, -0.05) is 18.2 Å². The molecule has 5 rings (SSSR count). The van der Waals surface area contributed by atoms with E-state index in [9.17, 15) is 14.9 Å². The fourth-order valence-corrected chi connectivity index (χ4v) is 5.45. The van der Waals surface area contributed by atoms with E-state index in [1.807, 2.05) is 43.3 Å². The number of nitrogens with zero attached hydrogens (tertiary/aromatic N) is 3. The van der Waals surface area contributed by atoms with Crippen molar-refractivity contribution < 1.29 is 23.8 Å². The largest absolute Gasteiger partial charge is 0.446 e. The number of nitriles is 1. The highest BCUT2D eigenvalue weighted by atomic mass is 16.6. The quantitative estimate of drug-likeness (QED) is 0.293. The average Bonchev–Trinajstić information content (AvgIpc) is 3.76. The minimum atomic E-state index is -0.458. The van der Waals surface area contributed by atoms with Crippen molar-refractivity contribution in [3.8, 4) is 17.3 Å². The van der Waals surface area contributed by atoms with Crippen LogP contribution in [0.15, 0.2) is 42.5 Å². The Kier molecular flexibility index (Phi) is 8.91. The molecule has 9 nitrogen and oxygen atoms in total. The summed E-state index contributed by atoms with van der Waals surface area (Å²) in [5, 5.41) is 13.9. The molecular weight excluding hydrogens is 520 g/mol. The summed E-state index contributed by atoms with van der Waals surface area (Å²) in [7, 11) is 3.23. The molecule has 1 aromatic heterocycles. The summed E-state index contributed by atoms with van der Waals surface area (Å²) < 4.78 is 18.2. The topological polar surface area (TPSA) is 106 Å². The van der Waals surface area contributed by atoms with Gasteiger partial charge >= 0.3 is 6.09 Å². The van der Waals surface area contributed by atoms with Gasteiger partial charge in [-0.05, 0) is 74.8 Å². The van der Waals surface area contributed by atoms with Crippen LogP contribution in [0.25, 0.3) is 22.2 Å². The van der Waals surface area contributed by atoms with Gasteiger partial charge in [0.25, 0.3) is 5.91 Å². The Labute approximate surface area is 241 Å². The standard InChI is InChI=1S/C32H38N4O5/c1-21(22-7-8-22)41-32(38)34-25-12-9-23(10-13-25)30-28(20-33)27-14-11-24(19-29(27)36(30)26-5-4-6-26)31(37)35(15-17-39-2)16-18-40-3/h9-14,19,21-22,26H,4-8,15-18H2,1-3H3,(H,34,38)/t21-/m1/s1. The smallest absolute Gasteiger partial charge is 0.411 e. The maximum atomic E-state index is 13.5. The van der Waals surface area contributed by atoms with Crippen molar-refractivity contribution in [2.45, 2.75) is 51.2 Å². The number of carbonyl (C=O) groups excluding carboxylic acids is 2. The molecule has 2 saturated carbocycles. The fourth-order valence-electron chi connectivity index (χ4n) is 5.45. The van der Waals surface area contributed by atoms with E-state index >= 15 is 0 Å². The third kappa shape index (κ3) is 6.24. The van der Waals surface area contributed by atoms with E-state index < -0.39 is 6.09 Å². The van der Waals surface area contributed by atoms with Gasteiger partial charge in [0.05, 0.1) is 30.0 Å². The second-order valence-corrected chi connectivity index (χ2v) is 11.0. The predicted molar refractivity (Wildman–Crippen MR) is 157 cm³/mol. The van der Waals surface area contributed by atoms with Crippen LogP contribution in [-0.2, 0) is 14.2 Å². The molecule has 3 aromatic rings. The van der Waals surface area contributed by atoms with Gasteiger partial charge < -0.3 is 23.7 Å². The minimum absolute atomic E-state index is 0.0885. The highest BCUT2D eigenvalue weighted by Crippen LogP contribution is 2.43. The summed E-state index contributed by atoms with van der Waals surface area (Å²) in [6, 6.07) is 15.8. The molecule has 0 aliphatic heterocycles. The van der Waals surface area contributed by atoms with Crippen LogP contribution in [0.4, 0.5) is 10.5 Å². The van der Waals surface area contributed by atoms with Crippen LogP contribution in [0.2, 0.25) is 0 Å². The third-order valence-electron chi connectivity index (χ3n) is 8.20. The molecule has 0 saturated heterocycles. The number of anilines is 1. The van der Waals surface area contributed by atoms with Crippen LogP contribution in [0.5, 0.6) is 0 Å². The SMILES string of the molecule is COCCN(CCOC)C(=O)c1ccc2c(C#N)c(-c3ccc(NC(=O)O[C@H](C)C4CC4)cc3)n(C3CCC3)c2c1. The lowest BCUT2D eigenvalue weighted by Gasteiger charge is -2.30. The molecule has 0 unspecified atom stereocenters. The molecule has 1 heterocycles. The highest BCUT2D eigenvalue weighted by molar-refractivity contribution is 6.01. The van der Waals surface area contributed by atoms with Crippen molar-refractivity contribution in [1.29, 1.82) is 5.26 Å². The molecule has 2 amide bonds. The Hall–Kier alpha value is -3.87. The first-order chi connectivity index (χ1) is 19.9. The first-order valence-corrected chi connectivity index (χ1v) is 14.4. The number of amides is 2. The van der Waals surface area contributed by atoms with Crippen molar-refractivity contribution in [1.82, 2.24) is 9.47 Å². The van der Waals surface area contributed by atoms with E-state index in [4.69, 9.17) is 14.2 Å². The van der Waals surface area contributed by atoms with E-state index in [0.29, 0.717) is 49.0 Å². The molecule has 2 aliphatic rings. The summed E-state index contributed by atoms with van der Waals surface area (Å²) in [6.07, 6.45) is 4.81. The van der Waals surface area contributed by atoms with E-state index in [1.54, 1.807) is 25.2 Å². The van der Waals surface area contributed by atoms with Crippen LogP contribution in [0, 0.1) is 17.2 Å². The summed E-state index contributed by atoms with van der Waals surface area (Å²) in [4.78, 5) is 27.6. The maximum absolute atomic E-state index is 13.5. The Morgan fingerprint density at radius 1 is 1.05 bits per heavy atom. The second-order valence-electron chi connectivity index (χ2n) is 11.0. The number of aromatic nitrogens is 1. The molecule has 2 aromatic carbocycles. The molecule has 2 aliphatic carbocycles. The van der Waals surface area contributed by atoms with Crippen LogP contribution in [-0.4, -0.2) is 68.1 Å². The molecule has 216 valence electrons. The molecule has 2 fully saturated rings. The van der Waals surface area contributed by atoms with Crippen LogP contribution in [0.1, 0.15) is 61.0 Å². The molecule has 0 radical (unpaired) electrons. The van der Waals surface area contributed by atoms with E-state index in [-0.39, 0.29) is 18.1 Å². The van der Waals surface area contributed by atoms with Crippen molar-refractivity contribution in [3.05, 3.63) is 53.6 Å². The predicted octanol–water partition coefficient (Wildman–Crippen LogP) is 5.99. The van der Waals surface area contributed by atoms with E-state index in [2.05, 4.69) is 16.0 Å². The zero-order valence-electron chi connectivity index (χ0n) is 24.0. The maximum Gasteiger partial charge on any atom is 0.411 e. The second kappa shape index (κ2) is 12.8. The van der Waals surface area contributed by atoms with E-state index in [0.717, 1.165) is 54.3 Å². The third-order valence-corrected chi connectivity index (χ3v) is 8.20. The van der Waals surface area contributed by atoms with Gasteiger partial charge in [0.2, 0.25) is 0 Å². The minimum Gasteiger partial charge on any atom is -0.446 e. The van der Waals surface area contributed by atoms with Crippen LogP contribution in [0.3, 0.4) is 0 Å². The molecule has 41 heavy (non-hydrogen) atoms. The molecular formula is C32H38N4O5. The zero-order valence-corrected chi connectivity index (χ0v) is 24.0. The highest BCUT2D eigenvalue weighted by Gasteiger charge is 2.31. The van der Waals surface area contributed by atoms with Gasteiger partial charge in [0, 0.05) is 50.0 Å². The van der Waals surface area contributed by atoms with Crippen LogP contribution < -0.4 is 5.32 Å². The Balaban J connectivity index is 1.47. The molecule has 0 spiro atoms. The number of hydrogen-bond donors (Lipinski definition) is 1. The first-order valence-electron chi connectivity index (χ1n) is 14.4. The van der Waals surface area contributed by atoms with Gasteiger partial charge in [-0.3, -0.25) is 10.1 Å². The van der Waals surface area contributed by atoms with Gasteiger partial charge in [-0.25, -0.2) is 4.79 Å². The summed E-state index contributed by atoms with van der Waals surface area (Å²) in [5.41, 5.74) is 4.38. The number of carbonyl (C=O) groups is 2. The lowest BCUT2D eigenvalue weighted by atomic mass is 9.92. The molecule has 1 atom stereocenters. The van der Waals surface area contributed by atoms with Gasteiger partial charge in [0.15, 0.2) is 0 Å².